The molecule has 2 aromatic rings. The van der Waals surface area contributed by atoms with Gasteiger partial charge >= 0.3 is 0 Å². The topological polar surface area (TPSA) is 52.3 Å². The summed E-state index contributed by atoms with van der Waals surface area (Å²) in [6.45, 7) is 0. The van der Waals surface area contributed by atoms with E-state index >= 15 is 0 Å². The van der Waals surface area contributed by atoms with Gasteiger partial charge in [-0.3, -0.25) is 4.79 Å². The van der Waals surface area contributed by atoms with Crippen LogP contribution in [0.5, 0.6) is 5.75 Å². The summed E-state index contributed by atoms with van der Waals surface area (Å²) >= 11 is 5.95. The monoisotopic (exact) mass is 293 g/mol. The number of nitrogens with two attached hydrogens (primary N) is 1. The number of carbonyl (C=O) groups is 1. The van der Waals surface area contributed by atoms with E-state index < -0.39 is 5.82 Å². The molecule has 0 bridgehead atoms. The number of anilines is 1. The van der Waals surface area contributed by atoms with E-state index in [9.17, 15) is 9.18 Å². The first kappa shape index (κ1) is 14.3. The fourth-order valence-electron chi connectivity index (χ4n) is 1.87. The Morgan fingerprint density at radius 1 is 1.30 bits per heavy atom. The quantitative estimate of drug-likeness (QED) is 0.693. The predicted octanol–water partition coefficient (Wildman–Crippen LogP) is 3.50. The minimum Gasteiger partial charge on any atom is -0.497 e. The standard InChI is InChI=1S/C15H13ClFNO2/c1-20-11-3-4-12(14(18)8-11)15(19)7-9-6-10(17)2-5-13(9)16/h2-6,8H,7,18H2,1H3. The van der Waals surface area contributed by atoms with Crippen LogP contribution in [0.4, 0.5) is 10.1 Å². The van der Waals surface area contributed by atoms with E-state index in [0.717, 1.165) is 0 Å². The summed E-state index contributed by atoms with van der Waals surface area (Å²) in [7, 11) is 1.52. The number of hydrogen-bond acceptors (Lipinski definition) is 3. The second kappa shape index (κ2) is 5.92. The van der Waals surface area contributed by atoms with E-state index in [0.29, 0.717) is 27.6 Å². The highest BCUT2D eigenvalue weighted by Gasteiger charge is 2.13. The molecule has 3 nitrogen and oxygen atoms in total. The molecule has 0 aliphatic carbocycles. The highest BCUT2D eigenvalue weighted by molar-refractivity contribution is 6.31. The molecule has 0 spiro atoms. The Bertz CT molecular complexity index is 658. The summed E-state index contributed by atoms with van der Waals surface area (Å²) in [5.74, 6) is -0.0830. The van der Waals surface area contributed by atoms with Crippen molar-refractivity contribution >= 4 is 23.1 Å². The molecule has 0 saturated carbocycles. The normalized spacial score (nSPS) is 10.3. The zero-order valence-electron chi connectivity index (χ0n) is 10.8. The van der Waals surface area contributed by atoms with E-state index in [1.165, 1.54) is 25.3 Å². The summed E-state index contributed by atoms with van der Waals surface area (Å²) in [5.41, 5.74) is 6.94. The first-order valence-electron chi connectivity index (χ1n) is 5.92. The number of rotatable bonds is 4. The van der Waals surface area contributed by atoms with Gasteiger partial charge in [0.25, 0.3) is 0 Å². The molecule has 2 N–H and O–H groups in total. The molecule has 0 aliphatic heterocycles. The Kier molecular flexibility index (Phi) is 4.25. The van der Waals surface area contributed by atoms with E-state index in [1.54, 1.807) is 18.2 Å². The summed E-state index contributed by atoms with van der Waals surface area (Å²) in [6.07, 6.45) is -0.00682. The van der Waals surface area contributed by atoms with Crippen molar-refractivity contribution in [2.24, 2.45) is 0 Å². The van der Waals surface area contributed by atoms with Crippen LogP contribution in [0, 0.1) is 5.82 Å². The lowest BCUT2D eigenvalue weighted by molar-refractivity contribution is 0.0994. The second-order valence-corrected chi connectivity index (χ2v) is 4.70. The number of benzene rings is 2. The number of carbonyl (C=O) groups excluding carboxylic acids is 1. The number of Topliss-reactive ketones (excluding diaryl/α,β-unsaturated/α-hetero) is 1. The lowest BCUT2D eigenvalue weighted by Crippen LogP contribution is -2.08. The van der Waals surface area contributed by atoms with E-state index in [4.69, 9.17) is 22.1 Å². The first-order valence-corrected chi connectivity index (χ1v) is 6.29. The number of nitrogen functional groups attached to an aromatic ring is 1. The van der Waals surface area contributed by atoms with Gasteiger partial charge in [0.05, 0.1) is 7.11 Å². The molecule has 104 valence electrons. The third-order valence-electron chi connectivity index (χ3n) is 2.92. The zero-order chi connectivity index (χ0) is 14.7. The first-order chi connectivity index (χ1) is 9.51. The summed E-state index contributed by atoms with van der Waals surface area (Å²) < 4.78 is 18.2. The molecule has 0 aromatic heterocycles. The number of halogens is 2. The number of methoxy groups -OCH3 is 1. The van der Waals surface area contributed by atoms with Gasteiger partial charge < -0.3 is 10.5 Å². The molecule has 0 fully saturated rings. The van der Waals surface area contributed by atoms with Gasteiger partial charge in [-0.2, -0.15) is 0 Å². The van der Waals surface area contributed by atoms with Crippen LogP contribution in [0.25, 0.3) is 0 Å². The Morgan fingerprint density at radius 2 is 2.05 bits per heavy atom. The average Bonchev–Trinajstić information content (AvgIpc) is 2.42. The van der Waals surface area contributed by atoms with Gasteiger partial charge in [-0.05, 0) is 35.9 Å². The van der Waals surface area contributed by atoms with Crippen LogP contribution in [0.2, 0.25) is 5.02 Å². The van der Waals surface area contributed by atoms with Crippen molar-refractivity contribution in [2.75, 3.05) is 12.8 Å². The highest BCUT2D eigenvalue weighted by Crippen LogP contribution is 2.23. The van der Waals surface area contributed by atoms with Crippen LogP contribution < -0.4 is 10.5 Å². The zero-order valence-corrected chi connectivity index (χ0v) is 11.6. The molecular weight excluding hydrogens is 281 g/mol. The van der Waals surface area contributed by atoms with Crippen LogP contribution >= 0.6 is 11.6 Å². The van der Waals surface area contributed by atoms with Crippen LogP contribution in [-0.2, 0) is 6.42 Å². The molecule has 0 aliphatic rings. The van der Waals surface area contributed by atoms with Crippen molar-refractivity contribution < 1.29 is 13.9 Å². The van der Waals surface area contributed by atoms with Crippen LogP contribution in [-0.4, -0.2) is 12.9 Å². The Morgan fingerprint density at radius 3 is 2.70 bits per heavy atom. The van der Waals surface area contributed by atoms with Crippen molar-refractivity contribution in [1.82, 2.24) is 0 Å². The second-order valence-electron chi connectivity index (χ2n) is 4.29. The lowest BCUT2D eigenvalue weighted by Gasteiger charge is -2.08. The third-order valence-corrected chi connectivity index (χ3v) is 3.29. The van der Waals surface area contributed by atoms with E-state index in [1.807, 2.05) is 0 Å². The fourth-order valence-corrected chi connectivity index (χ4v) is 2.05. The smallest absolute Gasteiger partial charge is 0.169 e. The molecule has 0 atom stereocenters. The van der Waals surface area contributed by atoms with Crippen molar-refractivity contribution in [3.63, 3.8) is 0 Å². The van der Waals surface area contributed by atoms with Crippen LogP contribution in [0.3, 0.4) is 0 Å². The van der Waals surface area contributed by atoms with Crippen LogP contribution in [0.15, 0.2) is 36.4 Å². The van der Waals surface area contributed by atoms with Gasteiger partial charge in [0.1, 0.15) is 11.6 Å². The molecule has 20 heavy (non-hydrogen) atoms. The maximum absolute atomic E-state index is 13.2. The Balaban J connectivity index is 2.26. The fraction of sp³-hybridized carbons (Fsp3) is 0.133. The Hall–Kier alpha value is -2.07. The summed E-state index contributed by atoms with van der Waals surface area (Å²) in [6, 6.07) is 8.73. The van der Waals surface area contributed by atoms with Gasteiger partial charge in [0.15, 0.2) is 5.78 Å². The minimum atomic E-state index is -0.431. The van der Waals surface area contributed by atoms with Crippen LogP contribution in [0.1, 0.15) is 15.9 Å². The maximum Gasteiger partial charge on any atom is 0.169 e. The predicted molar refractivity (Wildman–Crippen MR) is 76.9 cm³/mol. The molecule has 0 amide bonds. The van der Waals surface area contributed by atoms with Gasteiger partial charge in [-0.25, -0.2) is 4.39 Å². The molecule has 2 rings (SSSR count). The maximum atomic E-state index is 13.2. The van der Waals surface area contributed by atoms with Crippen molar-refractivity contribution in [2.45, 2.75) is 6.42 Å². The van der Waals surface area contributed by atoms with E-state index in [-0.39, 0.29) is 12.2 Å². The van der Waals surface area contributed by atoms with E-state index in [2.05, 4.69) is 0 Å². The summed E-state index contributed by atoms with van der Waals surface area (Å²) in [4.78, 5) is 12.2. The molecule has 0 radical (unpaired) electrons. The van der Waals surface area contributed by atoms with Gasteiger partial charge in [-0.1, -0.05) is 11.6 Å². The molecule has 5 heteroatoms. The Labute approximate surface area is 121 Å². The third kappa shape index (κ3) is 3.08. The molecule has 0 heterocycles. The highest BCUT2D eigenvalue weighted by atomic mass is 35.5. The molecular formula is C15H13ClFNO2. The number of ether oxygens (including phenoxy) is 1. The average molecular weight is 294 g/mol. The van der Waals surface area contributed by atoms with Gasteiger partial charge in [0.2, 0.25) is 0 Å². The van der Waals surface area contributed by atoms with Gasteiger partial charge in [0, 0.05) is 28.8 Å². The van der Waals surface area contributed by atoms with Crippen molar-refractivity contribution in [3.05, 3.63) is 58.4 Å². The molecule has 2 aromatic carbocycles. The number of ketones is 1. The van der Waals surface area contributed by atoms with Crippen molar-refractivity contribution in [3.8, 4) is 5.75 Å². The summed E-state index contributed by atoms with van der Waals surface area (Å²) in [5, 5.41) is 0.354. The SMILES string of the molecule is COc1ccc(C(=O)Cc2cc(F)ccc2Cl)c(N)c1. The number of hydrogen-bond donors (Lipinski definition) is 1. The van der Waals surface area contributed by atoms with Gasteiger partial charge in [-0.15, -0.1) is 0 Å². The molecule has 0 saturated heterocycles. The largest absolute Gasteiger partial charge is 0.497 e. The lowest BCUT2D eigenvalue weighted by atomic mass is 10.0. The minimum absolute atomic E-state index is 0.00682. The molecule has 0 unspecified atom stereocenters. The van der Waals surface area contributed by atoms with Crippen molar-refractivity contribution in [1.29, 1.82) is 0 Å².